The molecule has 0 aliphatic rings. The van der Waals surface area contributed by atoms with Crippen LogP contribution in [-0.2, 0) is 25.8 Å². The van der Waals surface area contributed by atoms with Gasteiger partial charge in [0.05, 0.1) is 12.4 Å². The third-order valence-corrected chi connectivity index (χ3v) is 5.83. The highest BCUT2D eigenvalue weighted by atomic mass is 19.4. The van der Waals surface area contributed by atoms with Crippen LogP contribution in [0.25, 0.3) is 0 Å². The minimum atomic E-state index is -4.84. The summed E-state index contributed by atoms with van der Waals surface area (Å²) in [6.45, 7) is 0.442. The number of alkyl halides is 6. The molecule has 18 heteroatoms. The van der Waals surface area contributed by atoms with Gasteiger partial charge in [0.2, 0.25) is 0 Å². The van der Waals surface area contributed by atoms with Crippen LogP contribution in [0.3, 0.4) is 0 Å². The van der Waals surface area contributed by atoms with Gasteiger partial charge in [0.25, 0.3) is 11.8 Å². The van der Waals surface area contributed by atoms with Crippen LogP contribution in [0.1, 0.15) is 50.6 Å². The topological polar surface area (TPSA) is 144 Å². The number of H-pyrrole nitrogens is 1. The molecule has 0 radical (unpaired) electrons. The first-order chi connectivity index (χ1) is 20.4. The second-order valence-corrected chi connectivity index (χ2v) is 9.09. The molecule has 3 aromatic heterocycles. The number of hydrogen-bond acceptors (Lipinski definition) is 8. The highest BCUT2D eigenvalue weighted by molar-refractivity contribution is 5.92. The van der Waals surface area contributed by atoms with Crippen LogP contribution < -0.4 is 10.1 Å². The van der Waals surface area contributed by atoms with Gasteiger partial charge >= 0.3 is 12.5 Å². The molecule has 0 saturated carbocycles. The van der Waals surface area contributed by atoms with E-state index in [1.54, 1.807) is 0 Å². The van der Waals surface area contributed by atoms with E-state index >= 15 is 0 Å². The number of amides is 2. The van der Waals surface area contributed by atoms with E-state index in [4.69, 9.17) is 0 Å². The van der Waals surface area contributed by atoms with Crippen molar-refractivity contribution in [3.8, 4) is 5.75 Å². The molecule has 3 heterocycles. The molecule has 0 fully saturated rings. The van der Waals surface area contributed by atoms with Crippen molar-refractivity contribution in [2.75, 3.05) is 6.54 Å². The predicted molar refractivity (Wildman–Crippen MR) is 134 cm³/mol. The molecule has 4 rings (SSSR count). The number of hydrogen-bond donors (Lipinski definition) is 2. The molecule has 12 nitrogen and oxygen atoms in total. The Morgan fingerprint density at radius 3 is 2.49 bits per heavy atom. The van der Waals surface area contributed by atoms with Gasteiger partial charge in [-0.2, -0.15) is 13.2 Å². The number of nitrogens with one attached hydrogen (secondary N) is 2. The summed E-state index contributed by atoms with van der Waals surface area (Å²) < 4.78 is 81.1. The van der Waals surface area contributed by atoms with E-state index in [-0.39, 0.29) is 31.0 Å². The average Bonchev–Trinajstić information content (AvgIpc) is 3.65. The van der Waals surface area contributed by atoms with E-state index in [9.17, 15) is 35.9 Å². The number of carbonyl (C=O) groups is 2. The van der Waals surface area contributed by atoms with E-state index in [2.05, 4.69) is 40.8 Å². The molecule has 0 aliphatic carbocycles. The number of carbonyl (C=O) groups excluding carboxylic acids is 2. The van der Waals surface area contributed by atoms with E-state index in [0.717, 1.165) is 24.4 Å². The number of rotatable bonds is 12. The third-order valence-electron chi connectivity index (χ3n) is 5.83. The van der Waals surface area contributed by atoms with Gasteiger partial charge in [-0.05, 0) is 42.2 Å². The van der Waals surface area contributed by atoms with Crippen molar-refractivity contribution in [1.82, 2.24) is 45.6 Å². The quantitative estimate of drug-likeness (QED) is 0.182. The number of halogens is 6. The van der Waals surface area contributed by atoms with Gasteiger partial charge in [-0.1, -0.05) is 28.6 Å². The van der Waals surface area contributed by atoms with Gasteiger partial charge in [0.15, 0.2) is 11.4 Å². The lowest BCUT2D eigenvalue weighted by molar-refractivity contribution is -0.274. The van der Waals surface area contributed by atoms with Crippen molar-refractivity contribution in [1.29, 1.82) is 0 Å². The highest BCUT2D eigenvalue weighted by Gasteiger charge is 2.32. The van der Waals surface area contributed by atoms with Crippen molar-refractivity contribution >= 4 is 11.8 Å². The summed E-state index contributed by atoms with van der Waals surface area (Å²) in [5.41, 5.74) is -0.265. The highest BCUT2D eigenvalue weighted by Crippen LogP contribution is 2.27. The summed E-state index contributed by atoms with van der Waals surface area (Å²) in [6, 6.07) is 7.25. The fourth-order valence-corrected chi connectivity index (χ4v) is 3.84. The molecule has 1 aromatic carbocycles. The normalized spacial score (nSPS) is 11.8. The summed E-state index contributed by atoms with van der Waals surface area (Å²) in [5.74, 6) is -1.49. The molecule has 2 amide bonds. The van der Waals surface area contributed by atoms with E-state index in [0.29, 0.717) is 30.5 Å². The largest absolute Gasteiger partial charge is 0.573 e. The van der Waals surface area contributed by atoms with Crippen LogP contribution >= 0.6 is 0 Å². The second kappa shape index (κ2) is 13.3. The summed E-state index contributed by atoms with van der Waals surface area (Å²) in [5, 5.41) is 19.9. The first kappa shape index (κ1) is 30.9. The lowest BCUT2D eigenvalue weighted by Crippen LogP contribution is -2.32. The Balaban J connectivity index is 1.28. The van der Waals surface area contributed by atoms with Crippen LogP contribution in [0, 0.1) is 0 Å². The fraction of sp³-hybridized carbons (Fsp3) is 0.320. The lowest BCUT2D eigenvalue weighted by Gasteiger charge is -2.22. The summed E-state index contributed by atoms with van der Waals surface area (Å²) in [6.07, 6.45) is -4.73. The van der Waals surface area contributed by atoms with Gasteiger partial charge in [-0.25, -0.2) is 0 Å². The molecule has 0 atom stereocenters. The number of aryl methyl sites for hydroxylation is 1. The van der Waals surface area contributed by atoms with Crippen molar-refractivity contribution < 1.29 is 40.7 Å². The van der Waals surface area contributed by atoms with E-state index < -0.39 is 35.8 Å². The third kappa shape index (κ3) is 9.23. The molecular formula is C25H23F6N9O3. The Morgan fingerprint density at radius 2 is 1.81 bits per heavy atom. The predicted octanol–water partition coefficient (Wildman–Crippen LogP) is 3.76. The molecule has 0 unspecified atom stereocenters. The maximum Gasteiger partial charge on any atom is 0.573 e. The average molecular weight is 612 g/mol. The number of unbranched alkanes of at least 4 members (excludes halogenated alkanes) is 1. The molecule has 0 saturated heterocycles. The minimum absolute atomic E-state index is 0.0136. The van der Waals surface area contributed by atoms with Gasteiger partial charge in [-0.3, -0.25) is 24.4 Å². The summed E-state index contributed by atoms with van der Waals surface area (Å²) >= 11 is 0. The number of nitrogens with zero attached hydrogens (tertiary/aromatic N) is 7. The minimum Gasteiger partial charge on any atom is -0.406 e. The standard InChI is InChI=1S/C25H23F6N9O3/c26-24(27,28)21-7-6-17(12-32-21)14-39(23(42)19-13-34-37-35-19)8-1-2-9-40-15-20(36-38-40)22(41)33-11-16-4-3-5-18(10-16)43-25(29,30)31/h3-7,10,12-13,15H,1-2,8-9,11,14H2,(H,33,41)(H,34,35,37). The van der Waals surface area contributed by atoms with Gasteiger partial charge in [-0.15, -0.1) is 23.4 Å². The van der Waals surface area contributed by atoms with Crippen molar-refractivity contribution in [3.63, 3.8) is 0 Å². The Kier molecular flexibility index (Phi) is 9.56. The van der Waals surface area contributed by atoms with Crippen molar-refractivity contribution in [2.24, 2.45) is 0 Å². The number of pyridine rings is 1. The Bertz CT molecular complexity index is 1510. The van der Waals surface area contributed by atoms with E-state index in [1.807, 2.05) is 0 Å². The molecule has 0 bridgehead atoms. The van der Waals surface area contributed by atoms with E-state index in [1.165, 1.54) is 40.2 Å². The van der Waals surface area contributed by atoms with Crippen LogP contribution in [-0.4, -0.2) is 65.0 Å². The zero-order chi connectivity index (χ0) is 31.0. The smallest absolute Gasteiger partial charge is 0.406 e. The summed E-state index contributed by atoms with van der Waals surface area (Å²) in [7, 11) is 0. The fourth-order valence-electron chi connectivity index (χ4n) is 3.84. The molecule has 0 spiro atoms. The van der Waals surface area contributed by atoms with Gasteiger partial charge in [0.1, 0.15) is 11.4 Å². The van der Waals surface area contributed by atoms with Gasteiger partial charge < -0.3 is 15.0 Å². The first-order valence-electron chi connectivity index (χ1n) is 12.6. The lowest BCUT2D eigenvalue weighted by atomic mass is 10.2. The number of aromatic nitrogens is 7. The maximum atomic E-state index is 12.9. The van der Waals surface area contributed by atoms with Crippen molar-refractivity contribution in [3.05, 3.63) is 83.2 Å². The van der Waals surface area contributed by atoms with Crippen molar-refractivity contribution in [2.45, 2.75) is 45.0 Å². The molecule has 2 N–H and O–H groups in total. The second-order valence-electron chi connectivity index (χ2n) is 9.09. The molecular weight excluding hydrogens is 588 g/mol. The number of aromatic amines is 1. The van der Waals surface area contributed by atoms with Gasteiger partial charge in [0, 0.05) is 32.4 Å². The monoisotopic (exact) mass is 611 g/mol. The molecule has 43 heavy (non-hydrogen) atoms. The summed E-state index contributed by atoms with van der Waals surface area (Å²) in [4.78, 5) is 30.2. The maximum absolute atomic E-state index is 12.9. The van der Waals surface area contributed by atoms with Crippen LogP contribution in [0.5, 0.6) is 5.75 Å². The number of ether oxygens (including phenoxy) is 1. The zero-order valence-electron chi connectivity index (χ0n) is 22.1. The first-order valence-corrected chi connectivity index (χ1v) is 12.6. The Hall–Kier alpha value is -5.03. The molecule has 228 valence electrons. The van der Waals surface area contributed by atoms with Crippen LogP contribution in [0.15, 0.2) is 55.0 Å². The Morgan fingerprint density at radius 1 is 1.00 bits per heavy atom. The van der Waals surface area contributed by atoms with Crippen LogP contribution in [0.4, 0.5) is 26.3 Å². The molecule has 4 aromatic rings. The number of benzene rings is 1. The zero-order valence-corrected chi connectivity index (χ0v) is 22.1. The van der Waals surface area contributed by atoms with Crippen LogP contribution in [0.2, 0.25) is 0 Å². The molecule has 0 aliphatic heterocycles. The Labute approximate surface area is 239 Å². The SMILES string of the molecule is O=C(NCc1cccc(OC(F)(F)F)c1)c1cn(CCCCN(Cc2ccc(C(F)(F)F)nc2)C(=O)c2c[nH]nn2)nn1.